The van der Waals surface area contributed by atoms with E-state index in [-0.39, 0.29) is 17.0 Å². The van der Waals surface area contributed by atoms with Crippen LogP contribution in [-0.4, -0.2) is 11.8 Å². The smallest absolute Gasteiger partial charge is 0.366 e. The Morgan fingerprint density at radius 2 is 1.83 bits per heavy atom. The Hall–Kier alpha value is -2.83. The number of primary amides is 1. The lowest BCUT2D eigenvalue weighted by Crippen LogP contribution is -2.15. The first-order valence-electron chi connectivity index (χ1n) is 6.70. The molecule has 0 saturated carbocycles. The van der Waals surface area contributed by atoms with E-state index in [0.717, 1.165) is 17.7 Å². The van der Waals surface area contributed by atoms with Gasteiger partial charge in [-0.2, -0.15) is 13.2 Å². The van der Waals surface area contributed by atoms with Gasteiger partial charge in [0.25, 0.3) is 5.91 Å². The lowest BCUT2D eigenvalue weighted by Gasteiger charge is -2.12. The van der Waals surface area contributed by atoms with Gasteiger partial charge in [-0.05, 0) is 34.9 Å². The molecule has 7 heteroatoms. The summed E-state index contributed by atoms with van der Waals surface area (Å²) >= 11 is 0. The lowest BCUT2D eigenvalue weighted by molar-refractivity contribution is -0.137. The number of alkyl halides is 3. The number of nitrogens with one attached hydrogen (secondary N) is 1. The van der Waals surface area contributed by atoms with E-state index in [1.165, 1.54) is 6.07 Å². The molecule has 0 saturated heterocycles. The fourth-order valence-corrected chi connectivity index (χ4v) is 2.56. The summed E-state index contributed by atoms with van der Waals surface area (Å²) in [4.78, 5) is 23.2. The Labute approximate surface area is 129 Å². The van der Waals surface area contributed by atoms with E-state index in [1.807, 2.05) is 0 Å². The largest absolute Gasteiger partial charge is 0.416 e. The fraction of sp³-hybridized carbons (Fsp3) is 0.125. The van der Waals surface area contributed by atoms with Crippen molar-refractivity contribution in [2.45, 2.75) is 12.7 Å². The van der Waals surface area contributed by atoms with Gasteiger partial charge < -0.3 is 11.1 Å². The van der Waals surface area contributed by atoms with Crippen LogP contribution in [0.15, 0.2) is 36.4 Å². The molecule has 1 aliphatic heterocycles. The molecule has 2 amide bonds. The van der Waals surface area contributed by atoms with E-state index in [2.05, 4.69) is 5.32 Å². The second-order valence-corrected chi connectivity index (χ2v) is 5.18. The first-order chi connectivity index (χ1) is 10.8. The lowest BCUT2D eigenvalue weighted by atomic mass is 9.94. The van der Waals surface area contributed by atoms with Crippen LogP contribution in [0.25, 0.3) is 11.1 Å². The summed E-state index contributed by atoms with van der Waals surface area (Å²) in [6.07, 6.45) is -4.57. The minimum absolute atomic E-state index is 0.238. The number of fused-ring (bicyclic) bond motifs is 1. The molecule has 3 N–H and O–H groups in total. The first-order valence-corrected chi connectivity index (χ1v) is 6.70. The number of carbonyl (C=O) groups excluding carboxylic acids is 2. The van der Waals surface area contributed by atoms with Crippen molar-refractivity contribution >= 4 is 11.8 Å². The molecule has 118 valence electrons. The van der Waals surface area contributed by atoms with Crippen molar-refractivity contribution < 1.29 is 22.8 Å². The molecule has 23 heavy (non-hydrogen) atoms. The topological polar surface area (TPSA) is 72.2 Å². The van der Waals surface area contributed by atoms with Crippen LogP contribution in [0, 0.1) is 0 Å². The fourth-order valence-electron chi connectivity index (χ4n) is 2.56. The first kappa shape index (κ1) is 15.1. The van der Waals surface area contributed by atoms with E-state index < -0.39 is 17.6 Å². The number of rotatable bonds is 2. The molecule has 0 spiro atoms. The van der Waals surface area contributed by atoms with Crippen LogP contribution in [0.2, 0.25) is 0 Å². The molecule has 4 nitrogen and oxygen atoms in total. The molecule has 0 aromatic heterocycles. The number of hydrogen-bond donors (Lipinski definition) is 2. The third-order valence-corrected chi connectivity index (χ3v) is 3.72. The van der Waals surface area contributed by atoms with E-state index >= 15 is 0 Å². The summed E-state index contributed by atoms with van der Waals surface area (Å²) in [6, 6.07) is 7.70. The molecule has 0 radical (unpaired) electrons. The van der Waals surface area contributed by atoms with E-state index in [4.69, 9.17) is 5.73 Å². The van der Waals surface area contributed by atoms with Crippen LogP contribution in [0.1, 0.15) is 31.8 Å². The van der Waals surface area contributed by atoms with Crippen molar-refractivity contribution in [3.63, 3.8) is 0 Å². The van der Waals surface area contributed by atoms with Gasteiger partial charge in [0.2, 0.25) is 5.91 Å². The van der Waals surface area contributed by atoms with Gasteiger partial charge in [0.05, 0.1) is 5.56 Å². The normalized spacial score (nSPS) is 13.6. The average molecular weight is 320 g/mol. The van der Waals surface area contributed by atoms with E-state index in [1.54, 1.807) is 18.2 Å². The molecule has 2 aromatic carbocycles. The zero-order chi connectivity index (χ0) is 16.8. The van der Waals surface area contributed by atoms with Crippen molar-refractivity contribution in [3.05, 3.63) is 58.7 Å². The Kier molecular flexibility index (Phi) is 3.35. The van der Waals surface area contributed by atoms with Crippen LogP contribution < -0.4 is 11.1 Å². The predicted molar refractivity (Wildman–Crippen MR) is 76.6 cm³/mol. The molecule has 1 heterocycles. The zero-order valence-electron chi connectivity index (χ0n) is 11.7. The highest BCUT2D eigenvalue weighted by Crippen LogP contribution is 2.34. The second kappa shape index (κ2) is 5.12. The van der Waals surface area contributed by atoms with Crippen molar-refractivity contribution in [2.24, 2.45) is 5.73 Å². The summed E-state index contributed by atoms with van der Waals surface area (Å²) in [6.45, 7) is 0.407. The van der Waals surface area contributed by atoms with Crippen LogP contribution in [-0.2, 0) is 12.7 Å². The minimum atomic E-state index is -4.57. The SMILES string of the molecule is NC(=O)c1cc(C(F)(F)F)ccc1-c1ccc2c(c1)C(=O)NC2. The number of nitrogens with two attached hydrogens (primary N) is 1. The third-order valence-electron chi connectivity index (χ3n) is 3.72. The molecule has 1 aliphatic rings. The maximum atomic E-state index is 12.8. The number of carbonyl (C=O) groups is 2. The van der Waals surface area contributed by atoms with Crippen LogP contribution in [0.3, 0.4) is 0 Å². The van der Waals surface area contributed by atoms with Crippen LogP contribution in [0.4, 0.5) is 13.2 Å². The van der Waals surface area contributed by atoms with Gasteiger partial charge in [-0.3, -0.25) is 9.59 Å². The monoisotopic (exact) mass is 320 g/mol. The Morgan fingerprint density at radius 1 is 1.09 bits per heavy atom. The van der Waals surface area contributed by atoms with E-state index in [9.17, 15) is 22.8 Å². The standard InChI is InChI=1S/C16H11F3N2O2/c17-16(18,19)10-3-4-11(13(6-10)14(20)22)8-1-2-9-7-21-15(23)12(9)5-8/h1-6H,7H2,(H2,20,22)(H,21,23). The summed E-state index contributed by atoms with van der Waals surface area (Å²) < 4.78 is 38.4. The third kappa shape index (κ3) is 2.65. The Bertz CT molecular complexity index is 829. The number of hydrogen-bond acceptors (Lipinski definition) is 2. The summed E-state index contributed by atoms with van der Waals surface area (Å²) in [7, 11) is 0. The van der Waals surface area contributed by atoms with Crippen molar-refractivity contribution in [1.82, 2.24) is 5.32 Å². The molecule has 0 aliphatic carbocycles. The number of benzene rings is 2. The van der Waals surface area contributed by atoms with Crippen molar-refractivity contribution in [3.8, 4) is 11.1 Å². The summed E-state index contributed by atoms with van der Waals surface area (Å²) in [5.74, 6) is -1.22. The molecule has 0 unspecified atom stereocenters. The van der Waals surface area contributed by atoms with Crippen LogP contribution in [0.5, 0.6) is 0 Å². The predicted octanol–water partition coefficient (Wildman–Crippen LogP) is 2.71. The van der Waals surface area contributed by atoms with Crippen LogP contribution >= 0.6 is 0 Å². The Balaban J connectivity index is 2.15. The number of amides is 2. The number of halogens is 3. The quantitative estimate of drug-likeness (QED) is 0.893. The molecule has 0 fully saturated rings. The summed E-state index contributed by atoms with van der Waals surface area (Å²) in [5.41, 5.74) is 5.99. The molecular formula is C16H11F3N2O2. The molecule has 0 atom stereocenters. The van der Waals surface area contributed by atoms with Crippen molar-refractivity contribution in [2.75, 3.05) is 0 Å². The zero-order valence-corrected chi connectivity index (χ0v) is 11.7. The van der Waals surface area contributed by atoms with Gasteiger partial charge in [0.1, 0.15) is 0 Å². The highest BCUT2D eigenvalue weighted by Gasteiger charge is 2.31. The van der Waals surface area contributed by atoms with Gasteiger partial charge >= 0.3 is 6.18 Å². The molecule has 0 bridgehead atoms. The van der Waals surface area contributed by atoms with Gasteiger partial charge in [-0.15, -0.1) is 0 Å². The van der Waals surface area contributed by atoms with Gasteiger partial charge in [0, 0.05) is 17.7 Å². The highest BCUT2D eigenvalue weighted by atomic mass is 19.4. The highest BCUT2D eigenvalue weighted by molar-refractivity contribution is 6.02. The Morgan fingerprint density at radius 3 is 2.48 bits per heavy atom. The maximum absolute atomic E-state index is 12.8. The maximum Gasteiger partial charge on any atom is 0.416 e. The van der Waals surface area contributed by atoms with Crippen molar-refractivity contribution in [1.29, 1.82) is 0 Å². The van der Waals surface area contributed by atoms with E-state index in [0.29, 0.717) is 17.7 Å². The second-order valence-electron chi connectivity index (χ2n) is 5.18. The van der Waals surface area contributed by atoms with Gasteiger partial charge in [0.15, 0.2) is 0 Å². The molecular weight excluding hydrogens is 309 g/mol. The minimum Gasteiger partial charge on any atom is -0.366 e. The summed E-state index contributed by atoms with van der Waals surface area (Å²) in [5, 5.41) is 2.65. The van der Waals surface area contributed by atoms with Gasteiger partial charge in [-0.1, -0.05) is 18.2 Å². The molecule has 2 aromatic rings. The average Bonchev–Trinajstić information content (AvgIpc) is 2.86. The van der Waals surface area contributed by atoms with Gasteiger partial charge in [-0.25, -0.2) is 0 Å². The molecule has 3 rings (SSSR count).